The molecule has 1 aliphatic carbocycles. The van der Waals surface area contributed by atoms with Gasteiger partial charge in [-0.2, -0.15) is 9.29 Å². The maximum atomic E-state index is 13.2. The number of carbonyl (C=O) groups excluding carboxylic acids is 1. The van der Waals surface area contributed by atoms with E-state index in [0.29, 0.717) is 36.7 Å². The van der Waals surface area contributed by atoms with Crippen LogP contribution in [0.2, 0.25) is 0 Å². The van der Waals surface area contributed by atoms with Crippen LogP contribution >= 0.6 is 11.3 Å². The molecule has 0 spiro atoms. The van der Waals surface area contributed by atoms with Crippen molar-refractivity contribution in [1.82, 2.24) is 19.8 Å². The minimum atomic E-state index is -3.67. The largest absolute Gasteiger partial charge is 0.353 e. The first kappa shape index (κ1) is 22.4. The number of piperidine rings is 1. The second-order valence-corrected chi connectivity index (χ2v) is 11.5. The normalized spacial score (nSPS) is 21.6. The van der Waals surface area contributed by atoms with E-state index in [1.807, 2.05) is 6.92 Å². The van der Waals surface area contributed by atoms with Gasteiger partial charge in [0.05, 0.1) is 5.92 Å². The molecule has 8 nitrogen and oxygen atoms in total. The van der Waals surface area contributed by atoms with Gasteiger partial charge in [0.2, 0.25) is 17.6 Å². The van der Waals surface area contributed by atoms with Crippen LogP contribution in [-0.4, -0.2) is 47.9 Å². The van der Waals surface area contributed by atoms with Crippen molar-refractivity contribution in [2.24, 2.45) is 5.92 Å². The van der Waals surface area contributed by atoms with Crippen molar-refractivity contribution in [2.75, 3.05) is 13.1 Å². The van der Waals surface area contributed by atoms with Crippen molar-refractivity contribution in [3.8, 4) is 11.4 Å². The molecule has 1 saturated carbocycles. The van der Waals surface area contributed by atoms with Crippen LogP contribution in [0.3, 0.4) is 0 Å². The monoisotopic (exact) mass is 466 g/mol. The fraction of sp³-hybridized carbons (Fsp3) is 0.667. The van der Waals surface area contributed by atoms with Crippen molar-refractivity contribution in [3.63, 3.8) is 0 Å². The van der Waals surface area contributed by atoms with Crippen molar-refractivity contribution in [3.05, 3.63) is 17.3 Å². The Balaban J connectivity index is 1.42. The second-order valence-electron chi connectivity index (χ2n) is 8.42. The Bertz CT molecular complexity index is 993. The zero-order chi connectivity index (χ0) is 21.8. The standard InChI is InChI=1S/C21H30N4O4S2/c1-2-18-23-20(24-29-18)16-12-19(30-14-16)31(27,28)25-11-7-8-15(13-25)21(26)22-17-9-5-3-4-6-10-17/h12,14-15,17H,2-11,13H2,1H3,(H,22,26). The van der Waals surface area contributed by atoms with Gasteiger partial charge >= 0.3 is 0 Å². The molecule has 10 heteroatoms. The average molecular weight is 467 g/mol. The topological polar surface area (TPSA) is 105 Å². The van der Waals surface area contributed by atoms with E-state index in [4.69, 9.17) is 4.52 Å². The smallest absolute Gasteiger partial charge is 0.252 e. The van der Waals surface area contributed by atoms with Gasteiger partial charge in [0.1, 0.15) is 4.21 Å². The Morgan fingerprint density at radius 1 is 1.23 bits per heavy atom. The number of hydrogen-bond acceptors (Lipinski definition) is 7. The van der Waals surface area contributed by atoms with Crippen LogP contribution < -0.4 is 5.32 Å². The summed E-state index contributed by atoms with van der Waals surface area (Å²) < 4.78 is 33.3. The van der Waals surface area contributed by atoms with Crippen molar-refractivity contribution < 1.29 is 17.7 Å². The molecule has 31 heavy (non-hydrogen) atoms. The summed E-state index contributed by atoms with van der Waals surface area (Å²) in [5.41, 5.74) is 0.631. The third-order valence-corrected chi connectivity index (χ3v) is 9.44. The SMILES string of the molecule is CCc1nc(-c2csc(S(=O)(=O)N3CCCC(C(=O)NC4CCCCCC4)C3)c2)no1. The Morgan fingerprint density at radius 2 is 2.00 bits per heavy atom. The third kappa shape index (κ3) is 5.18. The van der Waals surface area contributed by atoms with Crippen LogP contribution in [0.1, 0.15) is 64.2 Å². The molecule has 1 unspecified atom stereocenters. The van der Waals surface area contributed by atoms with E-state index >= 15 is 0 Å². The van der Waals surface area contributed by atoms with Crippen molar-refractivity contribution >= 4 is 27.3 Å². The first-order valence-electron chi connectivity index (χ1n) is 11.2. The Hall–Kier alpha value is -1.78. The summed E-state index contributed by atoms with van der Waals surface area (Å²) in [5.74, 6) is 0.617. The minimum absolute atomic E-state index is 0.00226. The Morgan fingerprint density at radius 3 is 2.71 bits per heavy atom. The summed E-state index contributed by atoms with van der Waals surface area (Å²) in [7, 11) is -3.67. The predicted molar refractivity (Wildman–Crippen MR) is 118 cm³/mol. The summed E-state index contributed by atoms with van der Waals surface area (Å²) in [6, 6.07) is 1.82. The van der Waals surface area contributed by atoms with E-state index in [0.717, 1.165) is 43.4 Å². The molecule has 2 aromatic heterocycles. The molecule has 0 aromatic carbocycles. The summed E-state index contributed by atoms with van der Waals surface area (Å²) in [5, 5.41) is 8.84. The minimum Gasteiger partial charge on any atom is -0.353 e. The van der Waals surface area contributed by atoms with E-state index in [1.54, 1.807) is 11.4 Å². The van der Waals surface area contributed by atoms with Crippen LogP contribution in [0, 0.1) is 5.92 Å². The van der Waals surface area contributed by atoms with Gasteiger partial charge < -0.3 is 9.84 Å². The van der Waals surface area contributed by atoms with Gasteiger partial charge in [0.25, 0.3) is 10.0 Å². The molecular weight excluding hydrogens is 436 g/mol. The lowest BCUT2D eigenvalue weighted by atomic mass is 9.97. The zero-order valence-corrected chi connectivity index (χ0v) is 19.5. The maximum Gasteiger partial charge on any atom is 0.252 e. The van der Waals surface area contributed by atoms with E-state index in [-0.39, 0.29) is 28.6 Å². The van der Waals surface area contributed by atoms with Crippen LogP contribution in [0.15, 0.2) is 20.2 Å². The van der Waals surface area contributed by atoms with Gasteiger partial charge in [-0.25, -0.2) is 8.42 Å². The molecule has 0 radical (unpaired) electrons. The number of rotatable bonds is 6. The van der Waals surface area contributed by atoms with Gasteiger partial charge in [-0.1, -0.05) is 37.8 Å². The highest BCUT2D eigenvalue weighted by Crippen LogP contribution is 2.31. The molecule has 2 fully saturated rings. The molecule has 170 valence electrons. The number of aromatic nitrogens is 2. The zero-order valence-electron chi connectivity index (χ0n) is 17.9. The fourth-order valence-corrected chi connectivity index (χ4v) is 7.16. The lowest BCUT2D eigenvalue weighted by molar-refractivity contribution is -0.126. The van der Waals surface area contributed by atoms with E-state index < -0.39 is 10.0 Å². The summed E-state index contributed by atoms with van der Waals surface area (Å²) >= 11 is 1.15. The maximum absolute atomic E-state index is 13.2. The quantitative estimate of drug-likeness (QED) is 0.652. The molecule has 1 aliphatic heterocycles. The second kappa shape index (κ2) is 9.79. The fourth-order valence-electron chi connectivity index (χ4n) is 4.33. The summed E-state index contributed by atoms with van der Waals surface area (Å²) in [6.45, 7) is 2.58. The lowest BCUT2D eigenvalue weighted by Gasteiger charge is -2.31. The highest BCUT2D eigenvalue weighted by atomic mass is 32.2. The lowest BCUT2D eigenvalue weighted by Crippen LogP contribution is -2.47. The molecule has 1 atom stereocenters. The van der Waals surface area contributed by atoms with Gasteiger partial charge in [0.15, 0.2) is 0 Å². The number of carbonyl (C=O) groups is 1. The summed E-state index contributed by atoms with van der Waals surface area (Å²) in [6.07, 6.45) is 8.84. The Labute approximate surface area is 187 Å². The van der Waals surface area contributed by atoms with Gasteiger partial charge in [-0.05, 0) is 31.7 Å². The number of nitrogens with one attached hydrogen (secondary N) is 1. The third-order valence-electron chi connectivity index (χ3n) is 6.15. The van der Waals surface area contributed by atoms with Gasteiger partial charge in [-0.15, -0.1) is 11.3 Å². The number of thiophene rings is 1. The highest BCUT2D eigenvalue weighted by Gasteiger charge is 2.35. The molecule has 2 aliphatic rings. The van der Waals surface area contributed by atoms with Crippen LogP contribution in [0.5, 0.6) is 0 Å². The van der Waals surface area contributed by atoms with Crippen molar-refractivity contribution in [2.45, 2.75) is 75.0 Å². The molecule has 1 amide bonds. The molecule has 4 rings (SSSR count). The molecular formula is C21H30N4O4S2. The first-order chi connectivity index (χ1) is 15.0. The molecule has 1 N–H and O–H groups in total. The first-order valence-corrected chi connectivity index (χ1v) is 13.5. The van der Waals surface area contributed by atoms with Crippen LogP contribution in [0.25, 0.3) is 11.4 Å². The van der Waals surface area contributed by atoms with Gasteiger partial charge in [-0.3, -0.25) is 4.79 Å². The number of hydrogen-bond donors (Lipinski definition) is 1. The predicted octanol–water partition coefficient (Wildman–Crippen LogP) is 3.60. The average Bonchev–Trinajstić information content (AvgIpc) is 3.39. The van der Waals surface area contributed by atoms with Crippen LogP contribution in [0.4, 0.5) is 0 Å². The molecule has 1 saturated heterocycles. The molecule has 0 bridgehead atoms. The molecule has 3 heterocycles. The van der Waals surface area contributed by atoms with Crippen LogP contribution in [-0.2, 0) is 21.2 Å². The van der Waals surface area contributed by atoms with Gasteiger partial charge in [0, 0.05) is 36.5 Å². The number of amides is 1. The van der Waals surface area contributed by atoms with E-state index in [9.17, 15) is 13.2 Å². The summed E-state index contributed by atoms with van der Waals surface area (Å²) in [4.78, 5) is 17.1. The van der Waals surface area contributed by atoms with Crippen molar-refractivity contribution in [1.29, 1.82) is 0 Å². The van der Waals surface area contributed by atoms with E-state index in [1.165, 1.54) is 17.1 Å². The molecule has 2 aromatic rings. The number of aryl methyl sites for hydroxylation is 1. The number of nitrogens with zero attached hydrogens (tertiary/aromatic N) is 3. The highest BCUT2D eigenvalue weighted by molar-refractivity contribution is 7.91. The Kier molecular flexibility index (Phi) is 7.08. The van der Waals surface area contributed by atoms with E-state index in [2.05, 4.69) is 15.5 Å². The number of sulfonamides is 1.